The van der Waals surface area contributed by atoms with Gasteiger partial charge in [-0.1, -0.05) is 12.1 Å². The Kier molecular flexibility index (Phi) is 1.03. The minimum atomic E-state index is 0.718. The third-order valence-corrected chi connectivity index (χ3v) is 1.46. The summed E-state index contributed by atoms with van der Waals surface area (Å²) in [5.41, 5.74) is 1.61. The minimum absolute atomic E-state index is 0.718. The Morgan fingerprint density at radius 2 is 2.30 bits per heavy atom. The highest BCUT2D eigenvalue weighted by atomic mass is 15.0. The Morgan fingerprint density at radius 3 is 3.10 bits per heavy atom. The van der Waals surface area contributed by atoms with Crippen molar-refractivity contribution >= 4 is 19.1 Å². The van der Waals surface area contributed by atoms with Gasteiger partial charge >= 0.3 is 0 Å². The first-order valence-electron chi connectivity index (χ1n) is 3.05. The van der Waals surface area contributed by atoms with Crippen LogP contribution in [0, 0.1) is 0 Å². The number of rotatable bonds is 0. The van der Waals surface area contributed by atoms with Crippen molar-refractivity contribution in [3.8, 4) is 0 Å². The molecule has 2 aromatic heterocycles. The van der Waals surface area contributed by atoms with Crippen LogP contribution >= 0.6 is 0 Å². The predicted molar refractivity (Wildman–Crippen MR) is 40.6 cm³/mol. The summed E-state index contributed by atoms with van der Waals surface area (Å²) in [5.74, 6) is 0. The van der Waals surface area contributed by atoms with Crippen LogP contribution in [0.3, 0.4) is 0 Å². The molecule has 0 aliphatic heterocycles. The fourth-order valence-electron chi connectivity index (χ4n) is 0.970. The van der Waals surface area contributed by atoms with Crippen molar-refractivity contribution in [3.63, 3.8) is 0 Å². The van der Waals surface area contributed by atoms with Crippen LogP contribution in [0.5, 0.6) is 0 Å². The number of pyridine rings is 1. The molecule has 2 rings (SSSR count). The lowest BCUT2D eigenvalue weighted by atomic mass is 10.0. The maximum atomic E-state index is 5.62. The lowest BCUT2D eigenvalue weighted by molar-refractivity contribution is 1.24. The molecule has 0 amide bonds. The summed E-state index contributed by atoms with van der Waals surface area (Å²) in [7, 11) is 5.62. The predicted octanol–water partition coefficient (Wildman–Crippen LogP) is 0.128. The molecule has 0 fully saturated rings. The maximum absolute atomic E-state index is 5.62. The second kappa shape index (κ2) is 1.87. The summed E-state index contributed by atoms with van der Waals surface area (Å²) < 4.78 is 1.83. The molecule has 0 unspecified atom stereocenters. The molecule has 46 valence electrons. The highest BCUT2D eigenvalue weighted by Crippen LogP contribution is 1.94. The zero-order chi connectivity index (χ0) is 6.97. The van der Waals surface area contributed by atoms with Crippen LogP contribution in [0.15, 0.2) is 30.6 Å². The summed E-state index contributed by atoms with van der Waals surface area (Å²) in [6.45, 7) is 0. The van der Waals surface area contributed by atoms with E-state index in [1.54, 1.807) is 6.20 Å². The first-order chi connectivity index (χ1) is 4.88. The van der Waals surface area contributed by atoms with Crippen molar-refractivity contribution in [3.05, 3.63) is 30.6 Å². The standard InChI is InChI=1S/C7H5BN2/c8-6-2-1-3-7-9-4-5-10(6)7/h1-5H. The lowest BCUT2D eigenvalue weighted by Gasteiger charge is -1.96. The van der Waals surface area contributed by atoms with Gasteiger partial charge in [-0.25, -0.2) is 4.98 Å². The molecule has 0 aliphatic rings. The molecule has 2 radical (unpaired) electrons. The van der Waals surface area contributed by atoms with Crippen molar-refractivity contribution in [2.45, 2.75) is 0 Å². The average Bonchev–Trinajstić information content (AvgIpc) is 2.36. The monoisotopic (exact) mass is 128 g/mol. The van der Waals surface area contributed by atoms with Gasteiger partial charge in [0.05, 0.1) is 0 Å². The van der Waals surface area contributed by atoms with Crippen LogP contribution in [0.2, 0.25) is 0 Å². The van der Waals surface area contributed by atoms with Crippen LogP contribution < -0.4 is 5.59 Å². The van der Waals surface area contributed by atoms with Crippen molar-refractivity contribution in [2.24, 2.45) is 0 Å². The number of hydrogen-bond acceptors (Lipinski definition) is 1. The van der Waals surface area contributed by atoms with Crippen molar-refractivity contribution in [2.75, 3.05) is 0 Å². The third kappa shape index (κ3) is 0.636. The number of fused-ring (bicyclic) bond motifs is 1. The highest BCUT2D eigenvalue weighted by molar-refractivity contribution is 6.31. The molecular weight excluding hydrogens is 123 g/mol. The van der Waals surface area contributed by atoms with Gasteiger partial charge in [0.15, 0.2) is 0 Å². The highest BCUT2D eigenvalue weighted by Gasteiger charge is 1.91. The molecule has 3 heteroatoms. The van der Waals surface area contributed by atoms with E-state index in [0.717, 1.165) is 11.2 Å². The fraction of sp³-hybridized carbons (Fsp3) is 0. The molecule has 2 aromatic rings. The Morgan fingerprint density at radius 1 is 1.40 bits per heavy atom. The van der Waals surface area contributed by atoms with Crippen LogP contribution in [0.1, 0.15) is 0 Å². The largest absolute Gasteiger partial charge is 0.315 e. The Labute approximate surface area is 59.9 Å². The van der Waals surface area contributed by atoms with Gasteiger partial charge in [0.25, 0.3) is 0 Å². The van der Waals surface area contributed by atoms with Crippen molar-refractivity contribution < 1.29 is 0 Å². The molecule has 2 nitrogen and oxygen atoms in total. The summed E-state index contributed by atoms with van der Waals surface area (Å²) >= 11 is 0. The van der Waals surface area contributed by atoms with E-state index in [9.17, 15) is 0 Å². The zero-order valence-corrected chi connectivity index (χ0v) is 5.36. The van der Waals surface area contributed by atoms with E-state index in [4.69, 9.17) is 7.85 Å². The van der Waals surface area contributed by atoms with E-state index >= 15 is 0 Å². The number of imidazole rings is 1. The zero-order valence-electron chi connectivity index (χ0n) is 5.36. The van der Waals surface area contributed by atoms with Gasteiger partial charge in [0, 0.05) is 12.4 Å². The fourth-order valence-corrected chi connectivity index (χ4v) is 0.970. The molecule has 0 N–H and O–H groups in total. The molecule has 0 saturated carbocycles. The Balaban J connectivity index is 2.95. The van der Waals surface area contributed by atoms with E-state index in [1.165, 1.54) is 0 Å². The van der Waals surface area contributed by atoms with E-state index in [0.29, 0.717) is 0 Å². The average molecular weight is 128 g/mol. The molecule has 2 heterocycles. The summed E-state index contributed by atoms with van der Waals surface area (Å²) in [4.78, 5) is 4.06. The van der Waals surface area contributed by atoms with Gasteiger partial charge in [-0.15, -0.1) is 0 Å². The van der Waals surface area contributed by atoms with Gasteiger partial charge in [0.2, 0.25) is 0 Å². The van der Waals surface area contributed by atoms with Crippen LogP contribution in [-0.4, -0.2) is 17.2 Å². The van der Waals surface area contributed by atoms with E-state index in [2.05, 4.69) is 4.98 Å². The quantitative estimate of drug-likeness (QED) is 0.461. The van der Waals surface area contributed by atoms with Gasteiger partial charge in [-0.2, -0.15) is 0 Å². The molecule has 10 heavy (non-hydrogen) atoms. The van der Waals surface area contributed by atoms with Crippen LogP contribution in [0.4, 0.5) is 0 Å². The molecule has 0 spiro atoms. The number of hydrogen-bond donors (Lipinski definition) is 0. The smallest absolute Gasteiger partial charge is 0.139 e. The van der Waals surface area contributed by atoms with E-state index < -0.39 is 0 Å². The second-order valence-electron chi connectivity index (χ2n) is 2.11. The molecular formula is C7H5BN2. The maximum Gasteiger partial charge on any atom is 0.139 e. The van der Waals surface area contributed by atoms with Crippen LogP contribution in [-0.2, 0) is 0 Å². The van der Waals surface area contributed by atoms with Gasteiger partial charge in [-0.3, -0.25) is 0 Å². The van der Waals surface area contributed by atoms with Crippen molar-refractivity contribution in [1.29, 1.82) is 0 Å². The van der Waals surface area contributed by atoms with Crippen molar-refractivity contribution in [1.82, 2.24) is 9.38 Å². The summed E-state index contributed by atoms with van der Waals surface area (Å²) in [6.07, 6.45) is 3.57. The molecule has 0 bridgehead atoms. The Hall–Kier alpha value is -1.25. The van der Waals surface area contributed by atoms with Gasteiger partial charge in [-0.05, 0) is 11.7 Å². The lowest BCUT2D eigenvalue weighted by Crippen LogP contribution is -2.11. The number of aromatic nitrogens is 2. The normalized spacial score (nSPS) is 10.4. The Bertz CT molecular complexity index is 353. The topological polar surface area (TPSA) is 17.3 Å². The minimum Gasteiger partial charge on any atom is -0.315 e. The van der Waals surface area contributed by atoms with Crippen LogP contribution in [0.25, 0.3) is 5.65 Å². The van der Waals surface area contributed by atoms with Gasteiger partial charge in [0.1, 0.15) is 13.5 Å². The first-order valence-corrected chi connectivity index (χ1v) is 3.05. The van der Waals surface area contributed by atoms with E-state index in [-0.39, 0.29) is 0 Å². The molecule has 0 saturated heterocycles. The summed E-state index contributed by atoms with van der Waals surface area (Å²) in [6, 6.07) is 5.64. The number of nitrogens with zero attached hydrogens (tertiary/aromatic N) is 2. The van der Waals surface area contributed by atoms with E-state index in [1.807, 2.05) is 28.8 Å². The molecule has 0 atom stereocenters. The second-order valence-corrected chi connectivity index (χ2v) is 2.11. The summed E-state index contributed by atoms with van der Waals surface area (Å²) in [5, 5.41) is 0. The van der Waals surface area contributed by atoms with Gasteiger partial charge < -0.3 is 4.40 Å². The molecule has 0 aromatic carbocycles. The SMILES string of the molecule is [B]c1cccc2nccn12. The first kappa shape index (κ1) is 5.53. The molecule has 0 aliphatic carbocycles. The third-order valence-electron chi connectivity index (χ3n) is 1.46.